The Hall–Kier alpha value is -1.89. The average molecular weight is 302 g/mol. The second kappa shape index (κ2) is 9.93. The number of hydrogen-bond donors (Lipinski definition) is 2. The Balaban J connectivity index is 0.00000191. The molecule has 0 spiro atoms. The van der Waals surface area contributed by atoms with Crippen LogP contribution in [0.4, 0.5) is 0 Å². The van der Waals surface area contributed by atoms with E-state index in [1.165, 1.54) is 13.2 Å². The lowest BCUT2D eigenvalue weighted by Gasteiger charge is -2.15. The smallest absolute Gasteiger partial charge is 0.306 e. The van der Waals surface area contributed by atoms with Crippen LogP contribution in [0.5, 0.6) is 0 Å². The van der Waals surface area contributed by atoms with Crippen LogP contribution >= 0.6 is 0 Å². The standard InChI is InChI=1S/C12H16O7.C2H6/c1-18-11(16)2-3-12(17)19-6-10(15)7-4-8(13)9(14)5-7;1-2/h4,7,10,13,15H,2-3,5-6H2,1H3;1-2H3. The molecule has 0 aromatic heterocycles. The second-order valence-corrected chi connectivity index (χ2v) is 4.17. The molecule has 21 heavy (non-hydrogen) atoms. The third kappa shape index (κ3) is 6.89. The van der Waals surface area contributed by atoms with Crippen LogP contribution in [-0.2, 0) is 23.9 Å². The lowest BCUT2D eigenvalue weighted by atomic mass is 10.0. The number of hydrogen-bond acceptors (Lipinski definition) is 7. The fourth-order valence-electron chi connectivity index (χ4n) is 1.60. The summed E-state index contributed by atoms with van der Waals surface area (Å²) in [4.78, 5) is 33.1. The molecule has 0 aromatic carbocycles. The number of ether oxygens (including phenoxy) is 2. The van der Waals surface area contributed by atoms with E-state index in [-0.39, 0.29) is 31.6 Å². The third-order valence-corrected chi connectivity index (χ3v) is 2.75. The van der Waals surface area contributed by atoms with E-state index in [1.54, 1.807) is 0 Å². The molecule has 7 nitrogen and oxygen atoms in total. The van der Waals surface area contributed by atoms with Gasteiger partial charge in [0.15, 0.2) is 11.5 Å². The number of Topliss-reactive ketones (excluding diaryl/α,β-unsaturated/α-hetero) is 1. The van der Waals surface area contributed by atoms with Crippen molar-refractivity contribution in [1.29, 1.82) is 0 Å². The molecule has 0 aliphatic heterocycles. The number of methoxy groups -OCH3 is 1. The summed E-state index contributed by atoms with van der Waals surface area (Å²) in [5.41, 5.74) is 0. The lowest BCUT2D eigenvalue weighted by Crippen LogP contribution is -2.25. The third-order valence-electron chi connectivity index (χ3n) is 2.75. The van der Waals surface area contributed by atoms with Gasteiger partial charge in [-0.05, 0) is 6.08 Å². The van der Waals surface area contributed by atoms with Gasteiger partial charge in [0.05, 0.1) is 26.1 Å². The van der Waals surface area contributed by atoms with Crippen LogP contribution in [0.3, 0.4) is 0 Å². The Morgan fingerprint density at radius 3 is 2.38 bits per heavy atom. The van der Waals surface area contributed by atoms with E-state index in [1.807, 2.05) is 13.8 Å². The Bertz CT molecular complexity index is 400. The van der Waals surface area contributed by atoms with Crippen molar-refractivity contribution in [3.05, 3.63) is 11.8 Å². The van der Waals surface area contributed by atoms with Crippen LogP contribution in [0, 0.1) is 5.92 Å². The highest BCUT2D eigenvalue weighted by Gasteiger charge is 2.29. The summed E-state index contributed by atoms with van der Waals surface area (Å²) in [5.74, 6) is -2.53. The Labute approximate surface area is 123 Å². The van der Waals surface area contributed by atoms with Gasteiger partial charge in [-0.15, -0.1) is 0 Å². The van der Waals surface area contributed by atoms with Crippen molar-refractivity contribution in [1.82, 2.24) is 0 Å². The Kier molecular flexibility index (Phi) is 9.03. The Morgan fingerprint density at radius 2 is 1.90 bits per heavy atom. The first-order valence-corrected chi connectivity index (χ1v) is 6.78. The highest BCUT2D eigenvalue weighted by atomic mass is 16.5. The zero-order valence-electron chi connectivity index (χ0n) is 12.5. The van der Waals surface area contributed by atoms with E-state index in [0.29, 0.717) is 0 Å². The maximum atomic E-state index is 11.2. The molecule has 0 saturated carbocycles. The molecule has 7 heteroatoms. The molecular weight excluding hydrogens is 280 g/mol. The van der Waals surface area contributed by atoms with Crippen LogP contribution in [0.15, 0.2) is 11.8 Å². The zero-order chi connectivity index (χ0) is 16.4. The summed E-state index contributed by atoms with van der Waals surface area (Å²) in [7, 11) is 1.22. The van der Waals surface area contributed by atoms with Gasteiger partial charge in [-0.2, -0.15) is 0 Å². The molecule has 1 aliphatic carbocycles. The molecule has 0 fully saturated rings. The number of ketones is 1. The predicted molar refractivity (Wildman–Crippen MR) is 73.4 cm³/mol. The summed E-state index contributed by atoms with van der Waals surface area (Å²) in [6, 6.07) is 0. The first kappa shape index (κ1) is 19.1. The van der Waals surface area contributed by atoms with Gasteiger partial charge in [-0.25, -0.2) is 0 Å². The molecule has 0 heterocycles. The molecule has 0 aromatic rings. The summed E-state index contributed by atoms with van der Waals surface area (Å²) < 4.78 is 9.12. The summed E-state index contributed by atoms with van der Waals surface area (Å²) in [6.45, 7) is 3.71. The number of aliphatic hydroxyl groups is 2. The summed E-state index contributed by atoms with van der Waals surface area (Å²) >= 11 is 0. The van der Waals surface area contributed by atoms with Crippen molar-refractivity contribution < 1.29 is 34.1 Å². The van der Waals surface area contributed by atoms with Gasteiger partial charge in [-0.1, -0.05) is 13.8 Å². The fraction of sp³-hybridized carbons (Fsp3) is 0.643. The number of allylic oxidation sites excluding steroid dienone is 1. The molecule has 120 valence electrons. The first-order chi connectivity index (χ1) is 9.93. The number of esters is 2. The second-order valence-electron chi connectivity index (χ2n) is 4.17. The molecule has 0 amide bonds. The van der Waals surface area contributed by atoms with E-state index in [0.717, 1.165) is 0 Å². The van der Waals surface area contributed by atoms with Gasteiger partial charge in [0.2, 0.25) is 0 Å². The van der Waals surface area contributed by atoms with Crippen molar-refractivity contribution in [2.45, 2.75) is 39.2 Å². The lowest BCUT2D eigenvalue weighted by molar-refractivity contribution is -0.151. The monoisotopic (exact) mass is 302 g/mol. The molecule has 2 atom stereocenters. The minimum Gasteiger partial charge on any atom is -0.505 e. The molecule has 0 bridgehead atoms. The molecule has 2 N–H and O–H groups in total. The van der Waals surface area contributed by atoms with Crippen LogP contribution in [0.1, 0.15) is 33.1 Å². The Morgan fingerprint density at radius 1 is 1.33 bits per heavy atom. The van der Waals surface area contributed by atoms with Crippen LogP contribution in [0.2, 0.25) is 0 Å². The van der Waals surface area contributed by atoms with Crippen molar-refractivity contribution in [2.75, 3.05) is 13.7 Å². The number of aliphatic hydroxyl groups excluding tert-OH is 2. The minimum atomic E-state index is -1.06. The van der Waals surface area contributed by atoms with Crippen molar-refractivity contribution in [2.24, 2.45) is 5.92 Å². The molecule has 0 saturated heterocycles. The van der Waals surface area contributed by atoms with Crippen molar-refractivity contribution in [3.63, 3.8) is 0 Å². The summed E-state index contributed by atoms with van der Waals surface area (Å²) in [6.07, 6.45) is -0.0456. The molecule has 1 aliphatic rings. The highest BCUT2D eigenvalue weighted by Crippen LogP contribution is 2.22. The van der Waals surface area contributed by atoms with Crippen molar-refractivity contribution in [3.8, 4) is 0 Å². The highest BCUT2D eigenvalue weighted by molar-refractivity contribution is 5.95. The average Bonchev–Trinajstić information content (AvgIpc) is 2.83. The molecular formula is C14H22O7. The van der Waals surface area contributed by atoms with Gasteiger partial charge < -0.3 is 19.7 Å². The first-order valence-electron chi connectivity index (χ1n) is 6.78. The zero-order valence-corrected chi connectivity index (χ0v) is 12.5. The normalized spacial score (nSPS) is 18.2. The quantitative estimate of drug-likeness (QED) is 0.701. The van der Waals surface area contributed by atoms with Crippen LogP contribution in [0.25, 0.3) is 0 Å². The molecule has 0 radical (unpaired) electrons. The van der Waals surface area contributed by atoms with Crippen LogP contribution < -0.4 is 0 Å². The van der Waals surface area contributed by atoms with Gasteiger partial charge in [0.1, 0.15) is 6.61 Å². The topological polar surface area (TPSA) is 110 Å². The number of carbonyl (C=O) groups is 3. The molecule has 2 unspecified atom stereocenters. The van der Waals surface area contributed by atoms with Crippen molar-refractivity contribution >= 4 is 17.7 Å². The number of carbonyl (C=O) groups excluding carboxylic acids is 3. The van der Waals surface area contributed by atoms with Gasteiger partial charge in [-0.3, -0.25) is 14.4 Å². The SMILES string of the molecule is CC.COC(=O)CCC(=O)OCC(O)C1C=C(O)C(=O)C1. The van der Waals surface area contributed by atoms with Crippen LogP contribution in [-0.4, -0.2) is 47.8 Å². The van der Waals surface area contributed by atoms with E-state index in [9.17, 15) is 19.5 Å². The van der Waals surface area contributed by atoms with E-state index in [4.69, 9.17) is 9.84 Å². The van der Waals surface area contributed by atoms with Gasteiger partial charge in [0, 0.05) is 12.3 Å². The fourth-order valence-corrected chi connectivity index (χ4v) is 1.60. The minimum absolute atomic E-state index is 0.00723. The maximum Gasteiger partial charge on any atom is 0.306 e. The maximum absolute atomic E-state index is 11.2. The van der Waals surface area contributed by atoms with E-state index in [2.05, 4.69) is 4.74 Å². The summed E-state index contributed by atoms with van der Waals surface area (Å²) in [5, 5.41) is 18.8. The van der Waals surface area contributed by atoms with E-state index < -0.39 is 29.7 Å². The van der Waals surface area contributed by atoms with Gasteiger partial charge >= 0.3 is 11.9 Å². The van der Waals surface area contributed by atoms with E-state index >= 15 is 0 Å². The predicted octanol–water partition coefficient (Wildman–Crippen LogP) is 0.901. The largest absolute Gasteiger partial charge is 0.505 e. The van der Waals surface area contributed by atoms with Gasteiger partial charge in [0.25, 0.3) is 0 Å². The number of rotatable bonds is 6. The molecule has 1 rings (SSSR count).